The maximum absolute atomic E-state index is 12.9. The number of para-hydroxylation sites is 1. The molecule has 1 atom stereocenters. The number of carbonyl (C=O) groups is 2. The van der Waals surface area contributed by atoms with Crippen LogP contribution in [0.2, 0.25) is 0 Å². The van der Waals surface area contributed by atoms with E-state index in [4.69, 9.17) is 5.21 Å². The topological polar surface area (TPSA) is 72.9 Å². The third-order valence-electron chi connectivity index (χ3n) is 5.20. The van der Waals surface area contributed by atoms with Crippen molar-refractivity contribution in [2.24, 2.45) is 5.92 Å². The summed E-state index contributed by atoms with van der Waals surface area (Å²) < 4.78 is 0. The molecule has 3 rings (SSSR count). The zero-order valence-corrected chi connectivity index (χ0v) is 16.6. The maximum Gasteiger partial charge on any atom is 0.267 e. The molecule has 1 unspecified atom stereocenters. The highest BCUT2D eigenvalue weighted by atomic mass is 16.5. The third-order valence-corrected chi connectivity index (χ3v) is 5.20. The molecule has 0 radical (unpaired) electrons. The number of nitrogens with zero attached hydrogens (tertiary/aromatic N) is 2. The summed E-state index contributed by atoms with van der Waals surface area (Å²) in [6.45, 7) is 4.82. The van der Waals surface area contributed by atoms with Gasteiger partial charge in [-0.05, 0) is 29.7 Å². The second-order valence-electron chi connectivity index (χ2n) is 7.27. The molecule has 2 aromatic carbocycles. The summed E-state index contributed by atoms with van der Waals surface area (Å²) >= 11 is 0. The predicted octanol–water partition coefficient (Wildman–Crippen LogP) is 2.73. The maximum atomic E-state index is 12.9. The average Bonchev–Trinajstić information content (AvgIpc) is 2.78. The number of piperazine rings is 1. The summed E-state index contributed by atoms with van der Waals surface area (Å²) in [4.78, 5) is 28.3. The molecule has 0 saturated carbocycles. The molecule has 1 saturated heterocycles. The molecule has 1 heterocycles. The monoisotopic (exact) mass is 393 g/mol. The van der Waals surface area contributed by atoms with Gasteiger partial charge in [0.2, 0.25) is 5.91 Å². The van der Waals surface area contributed by atoms with Gasteiger partial charge in [-0.25, -0.2) is 5.48 Å². The lowest BCUT2D eigenvalue weighted by Gasteiger charge is -2.37. The third kappa shape index (κ3) is 5.45. The Kier molecular flexibility index (Phi) is 7.03. The number of hydroxylamine groups is 1. The minimum absolute atomic E-state index is 0.0452. The molecule has 29 heavy (non-hydrogen) atoms. The summed E-state index contributed by atoms with van der Waals surface area (Å²) in [5, 5.41) is 8.65. The van der Waals surface area contributed by atoms with E-state index in [-0.39, 0.29) is 11.8 Å². The van der Waals surface area contributed by atoms with Crippen LogP contribution < -0.4 is 10.4 Å². The van der Waals surface area contributed by atoms with E-state index in [9.17, 15) is 9.59 Å². The first-order valence-corrected chi connectivity index (χ1v) is 9.87. The standard InChI is InChI=1S/C23H27N3O3/c1-18(17-19-7-3-2-4-8-19)23(28)26-15-13-25(14-16-26)21-10-6-5-9-20(21)11-12-22(27)24-29/h2-12,18,29H,13-17H2,1H3,(H,24,27). The first kappa shape index (κ1) is 20.6. The Bertz CT molecular complexity index is 859. The molecule has 2 N–H and O–H groups in total. The highest BCUT2D eigenvalue weighted by Gasteiger charge is 2.25. The second-order valence-corrected chi connectivity index (χ2v) is 7.27. The normalized spacial score (nSPS) is 15.4. The van der Waals surface area contributed by atoms with Crippen LogP contribution in [0.25, 0.3) is 6.08 Å². The van der Waals surface area contributed by atoms with Gasteiger partial charge < -0.3 is 9.80 Å². The van der Waals surface area contributed by atoms with E-state index in [2.05, 4.69) is 17.0 Å². The van der Waals surface area contributed by atoms with E-state index >= 15 is 0 Å². The smallest absolute Gasteiger partial charge is 0.267 e. The minimum Gasteiger partial charge on any atom is -0.367 e. The van der Waals surface area contributed by atoms with Crippen LogP contribution in [0.5, 0.6) is 0 Å². The Morgan fingerprint density at radius 1 is 1.03 bits per heavy atom. The van der Waals surface area contributed by atoms with Crippen molar-refractivity contribution in [2.45, 2.75) is 13.3 Å². The van der Waals surface area contributed by atoms with Gasteiger partial charge in [0.15, 0.2) is 0 Å². The van der Waals surface area contributed by atoms with Crippen molar-refractivity contribution in [3.63, 3.8) is 0 Å². The molecule has 152 valence electrons. The largest absolute Gasteiger partial charge is 0.367 e. The van der Waals surface area contributed by atoms with Crippen molar-refractivity contribution < 1.29 is 14.8 Å². The fourth-order valence-electron chi connectivity index (χ4n) is 3.65. The van der Waals surface area contributed by atoms with Gasteiger partial charge in [-0.15, -0.1) is 0 Å². The average molecular weight is 393 g/mol. The zero-order chi connectivity index (χ0) is 20.6. The van der Waals surface area contributed by atoms with Crippen LogP contribution in [0.1, 0.15) is 18.1 Å². The number of amides is 2. The lowest BCUT2D eigenvalue weighted by atomic mass is 9.99. The van der Waals surface area contributed by atoms with E-state index < -0.39 is 5.91 Å². The molecule has 2 aromatic rings. The van der Waals surface area contributed by atoms with Gasteiger partial charge in [0, 0.05) is 43.9 Å². The summed E-state index contributed by atoms with van der Waals surface area (Å²) in [5.74, 6) is -0.417. The van der Waals surface area contributed by atoms with Gasteiger partial charge in [-0.3, -0.25) is 14.8 Å². The van der Waals surface area contributed by atoms with E-state index in [1.807, 2.05) is 54.3 Å². The Morgan fingerprint density at radius 2 is 1.69 bits per heavy atom. The van der Waals surface area contributed by atoms with Gasteiger partial charge >= 0.3 is 0 Å². The van der Waals surface area contributed by atoms with Crippen molar-refractivity contribution in [1.29, 1.82) is 0 Å². The molecular weight excluding hydrogens is 366 g/mol. The Labute approximate surface area is 171 Å². The molecule has 6 heteroatoms. The first-order valence-electron chi connectivity index (χ1n) is 9.87. The van der Waals surface area contributed by atoms with Crippen LogP contribution in [0, 0.1) is 5.92 Å². The predicted molar refractivity (Wildman–Crippen MR) is 114 cm³/mol. The number of hydrogen-bond acceptors (Lipinski definition) is 4. The van der Waals surface area contributed by atoms with E-state index in [1.54, 1.807) is 11.6 Å². The number of carbonyl (C=O) groups excluding carboxylic acids is 2. The first-order chi connectivity index (χ1) is 14.1. The number of anilines is 1. The summed E-state index contributed by atoms with van der Waals surface area (Å²) in [6.07, 6.45) is 3.73. The van der Waals surface area contributed by atoms with E-state index in [1.165, 1.54) is 11.6 Å². The van der Waals surface area contributed by atoms with Gasteiger partial charge in [-0.1, -0.05) is 55.5 Å². The van der Waals surface area contributed by atoms with Crippen LogP contribution >= 0.6 is 0 Å². The van der Waals surface area contributed by atoms with E-state index in [0.717, 1.165) is 30.8 Å². The van der Waals surface area contributed by atoms with Crippen molar-refractivity contribution in [2.75, 3.05) is 31.1 Å². The lowest BCUT2D eigenvalue weighted by Crippen LogP contribution is -2.50. The number of hydrogen-bond donors (Lipinski definition) is 2. The minimum atomic E-state index is -0.567. The molecule has 0 aromatic heterocycles. The molecule has 6 nitrogen and oxygen atoms in total. The van der Waals surface area contributed by atoms with Crippen LogP contribution in [0.4, 0.5) is 5.69 Å². The molecular formula is C23H27N3O3. The van der Waals surface area contributed by atoms with Crippen molar-refractivity contribution in [3.8, 4) is 0 Å². The zero-order valence-electron chi connectivity index (χ0n) is 16.6. The second kappa shape index (κ2) is 9.89. The lowest BCUT2D eigenvalue weighted by molar-refractivity contribution is -0.135. The Hall–Kier alpha value is -3.12. The molecule has 1 fully saturated rings. The number of benzene rings is 2. The number of nitrogens with one attached hydrogen (secondary N) is 1. The molecule has 1 aliphatic rings. The number of rotatable bonds is 6. The molecule has 0 bridgehead atoms. The van der Waals surface area contributed by atoms with Crippen molar-refractivity contribution in [3.05, 3.63) is 71.8 Å². The van der Waals surface area contributed by atoms with Crippen molar-refractivity contribution >= 4 is 23.6 Å². The van der Waals surface area contributed by atoms with Crippen LogP contribution in [-0.2, 0) is 16.0 Å². The van der Waals surface area contributed by atoms with Crippen LogP contribution in [0.3, 0.4) is 0 Å². The summed E-state index contributed by atoms with van der Waals surface area (Å²) in [6, 6.07) is 17.9. The van der Waals surface area contributed by atoms with Crippen LogP contribution in [-0.4, -0.2) is 48.1 Å². The Balaban J connectivity index is 1.60. The summed E-state index contributed by atoms with van der Waals surface area (Å²) in [5.41, 5.74) is 4.69. The SMILES string of the molecule is CC(Cc1ccccc1)C(=O)N1CCN(c2ccccc2C=CC(=O)NO)CC1. The molecule has 0 spiro atoms. The fourth-order valence-corrected chi connectivity index (χ4v) is 3.65. The van der Waals surface area contributed by atoms with Gasteiger partial charge in [-0.2, -0.15) is 0 Å². The highest BCUT2D eigenvalue weighted by Crippen LogP contribution is 2.24. The Morgan fingerprint density at radius 3 is 2.38 bits per heavy atom. The van der Waals surface area contributed by atoms with Gasteiger partial charge in [0.05, 0.1) is 0 Å². The molecule has 0 aliphatic carbocycles. The fraction of sp³-hybridized carbons (Fsp3) is 0.304. The summed E-state index contributed by atoms with van der Waals surface area (Å²) in [7, 11) is 0. The highest BCUT2D eigenvalue weighted by molar-refractivity contribution is 5.92. The van der Waals surface area contributed by atoms with Crippen LogP contribution in [0.15, 0.2) is 60.7 Å². The van der Waals surface area contributed by atoms with Crippen molar-refractivity contribution in [1.82, 2.24) is 10.4 Å². The quantitative estimate of drug-likeness (QED) is 0.450. The van der Waals surface area contributed by atoms with Gasteiger partial charge in [0.25, 0.3) is 5.91 Å². The molecule has 2 amide bonds. The van der Waals surface area contributed by atoms with E-state index in [0.29, 0.717) is 13.1 Å². The molecule has 1 aliphatic heterocycles. The van der Waals surface area contributed by atoms with Gasteiger partial charge in [0.1, 0.15) is 0 Å².